The number of hydrogen-bond acceptors (Lipinski definition) is 7. The second kappa shape index (κ2) is 15.7. The van der Waals surface area contributed by atoms with Crippen molar-refractivity contribution in [3.05, 3.63) is 103 Å². The van der Waals surface area contributed by atoms with Crippen molar-refractivity contribution in [2.24, 2.45) is 0 Å². The van der Waals surface area contributed by atoms with E-state index in [2.05, 4.69) is 24.9 Å². The Balaban J connectivity index is 0.00000264. The second-order valence-electron chi connectivity index (χ2n) is 10.3. The van der Waals surface area contributed by atoms with E-state index in [1.165, 1.54) is 0 Å². The van der Waals surface area contributed by atoms with Crippen LogP contribution in [0.25, 0.3) is 0 Å². The van der Waals surface area contributed by atoms with Gasteiger partial charge in [-0.1, -0.05) is 24.3 Å². The molecular weight excluding hydrogens is 623 g/mol. The minimum Gasteiger partial charge on any atom is -0.439 e. The third kappa shape index (κ3) is 9.81. The number of sulfonamides is 1. The largest absolute Gasteiger partial charge is 0.439 e. The van der Waals surface area contributed by atoms with Crippen molar-refractivity contribution < 1.29 is 17.9 Å². The van der Waals surface area contributed by atoms with Crippen molar-refractivity contribution in [2.45, 2.75) is 32.4 Å². The molecule has 0 aliphatic carbocycles. The summed E-state index contributed by atoms with van der Waals surface area (Å²) in [7, 11) is -3.33. The molecule has 2 aromatic carbocycles. The number of pyridine rings is 2. The maximum Gasteiger partial charge on any atom is 0.326 e. The highest BCUT2D eigenvalue weighted by Crippen LogP contribution is 2.26. The maximum atomic E-state index is 13.4. The molecule has 2 N–H and O–H groups in total. The molecule has 0 atom stereocenters. The third-order valence-corrected chi connectivity index (χ3v) is 7.53. The minimum absolute atomic E-state index is 0. The van der Waals surface area contributed by atoms with Crippen molar-refractivity contribution in [2.75, 3.05) is 34.3 Å². The Morgan fingerprint density at radius 3 is 2.18 bits per heavy atom. The third-order valence-electron chi connectivity index (χ3n) is 6.92. The van der Waals surface area contributed by atoms with Crippen LogP contribution in [0.4, 0.5) is 21.9 Å². The summed E-state index contributed by atoms with van der Waals surface area (Å²) in [5.41, 5.74) is 3.97. The number of carbonyl (C=O) groups excluding carboxylic acids is 1. The highest BCUT2D eigenvalue weighted by molar-refractivity contribution is 7.92. The number of urea groups is 1. The zero-order chi connectivity index (χ0) is 29.5. The van der Waals surface area contributed by atoms with Gasteiger partial charge in [-0.3, -0.25) is 19.5 Å². The number of anilines is 3. The van der Waals surface area contributed by atoms with Gasteiger partial charge in [0.1, 0.15) is 5.75 Å². The van der Waals surface area contributed by atoms with Crippen LogP contribution in [0.2, 0.25) is 0 Å². The fraction of sp³-hybridized carbons (Fsp3) is 0.258. The van der Waals surface area contributed by atoms with E-state index in [4.69, 9.17) is 4.74 Å². The van der Waals surface area contributed by atoms with Crippen molar-refractivity contribution in [1.82, 2.24) is 14.9 Å². The van der Waals surface area contributed by atoms with Gasteiger partial charge in [0.2, 0.25) is 15.9 Å². The van der Waals surface area contributed by atoms with Gasteiger partial charge in [0.05, 0.1) is 18.1 Å². The molecular formula is C31H36Cl2N6O4S. The summed E-state index contributed by atoms with van der Waals surface area (Å²) >= 11 is 0. The second-order valence-corrected chi connectivity index (χ2v) is 12.1. The van der Waals surface area contributed by atoms with Gasteiger partial charge in [-0.05, 0) is 73.9 Å². The van der Waals surface area contributed by atoms with Crippen LogP contribution < -0.4 is 19.7 Å². The lowest BCUT2D eigenvalue weighted by molar-refractivity contribution is 0.199. The number of piperidine rings is 1. The molecule has 1 saturated heterocycles. The summed E-state index contributed by atoms with van der Waals surface area (Å²) in [5.74, 6) is 1.01. The Bertz CT molecular complexity index is 1590. The number of hydrogen-bond donors (Lipinski definition) is 2. The predicted octanol–water partition coefficient (Wildman–Crippen LogP) is 6.50. The van der Waals surface area contributed by atoms with E-state index in [1.807, 2.05) is 66.4 Å². The maximum absolute atomic E-state index is 13.4. The molecule has 3 heterocycles. The number of likely N-dealkylation sites (tertiary alicyclic amines) is 1. The van der Waals surface area contributed by atoms with Gasteiger partial charge < -0.3 is 10.1 Å². The van der Waals surface area contributed by atoms with Gasteiger partial charge in [0.15, 0.2) is 0 Å². The van der Waals surface area contributed by atoms with Gasteiger partial charge in [-0.2, -0.15) is 0 Å². The van der Waals surface area contributed by atoms with Crippen molar-refractivity contribution in [3.63, 3.8) is 0 Å². The molecule has 0 unspecified atom stereocenters. The molecule has 44 heavy (non-hydrogen) atoms. The van der Waals surface area contributed by atoms with Crippen LogP contribution in [0, 0.1) is 6.92 Å². The first kappa shape index (κ1) is 34.6. The van der Waals surface area contributed by atoms with Gasteiger partial charge in [-0.25, -0.2) is 18.2 Å². The fourth-order valence-electron chi connectivity index (χ4n) is 4.89. The quantitative estimate of drug-likeness (QED) is 0.211. The summed E-state index contributed by atoms with van der Waals surface area (Å²) in [6, 6.07) is 23.9. The van der Waals surface area contributed by atoms with Crippen LogP contribution >= 0.6 is 24.8 Å². The first-order chi connectivity index (χ1) is 20.2. The van der Waals surface area contributed by atoms with Crippen LogP contribution in [0.5, 0.6) is 11.6 Å². The number of halogens is 2. The van der Waals surface area contributed by atoms with Crippen molar-refractivity contribution in [1.29, 1.82) is 0 Å². The number of rotatable bonds is 9. The van der Waals surface area contributed by atoms with Crippen molar-refractivity contribution >= 4 is 57.9 Å². The minimum atomic E-state index is -3.33. The Labute approximate surface area is 270 Å². The Kier molecular flexibility index (Phi) is 12.4. The van der Waals surface area contributed by atoms with Gasteiger partial charge in [0, 0.05) is 55.0 Å². The zero-order valence-corrected chi connectivity index (χ0v) is 26.9. The summed E-state index contributed by atoms with van der Waals surface area (Å²) in [6.07, 6.45) is 6.27. The summed E-state index contributed by atoms with van der Waals surface area (Å²) in [4.78, 5) is 26.4. The lowest BCUT2D eigenvalue weighted by Crippen LogP contribution is -2.49. The average Bonchev–Trinajstić information content (AvgIpc) is 2.97. The standard InChI is InChI=1S/C31H34N6O4S.2ClH/c1-23-8-10-26(21-32-23)34-31(38)37(27-6-4-3-5-7-27)28-16-18-36(19-17-28)22-24-9-15-30(33-20-24)41-29-13-11-25(12-14-29)35-42(2,39)40;;/h3-15,20-21,28,35H,16-19,22H2,1-2H3,(H,34,38);2*1H. The number of benzene rings is 2. The molecule has 1 aliphatic heterocycles. The number of aromatic nitrogens is 2. The monoisotopic (exact) mass is 658 g/mol. The van der Waals surface area contributed by atoms with E-state index >= 15 is 0 Å². The lowest BCUT2D eigenvalue weighted by atomic mass is 10.0. The molecule has 13 heteroatoms. The van der Waals surface area contributed by atoms with Crippen molar-refractivity contribution in [3.8, 4) is 11.6 Å². The normalized spacial score (nSPS) is 13.6. The number of nitrogens with one attached hydrogen (secondary N) is 2. The molecule has 1 fully saturated rings. The highest BCUT2D eigenvalue weighted by atomic mass is 35.5. The molecule has 0 spiro atoms. The zero-order valence-electron chi connectivity index (χ0n) is 24.4. The molecule has 1 aliphatic rings. The molecule has 0 saturated carbocycles. The molecule has 5 rings (SSSR count). The molecule has 2 aromatic heterocycles. The van der Waals surface area contributed by atoms with E-state index in [1.54, 1.807) is 36.7 Å². The molecule has 0 bridgehead atoms. The molecule has 2 amide bonds. The fourth-order valence-corrected chi connectivity index (χ4v) is 5.46. The SMILES string of the molecule is Cc1ccc(NC(=O)N(c2ccccc2)C2CCN(Cc3ccc(Oc4ccc(NS(C)(=O)=O)cc4)nc3)CC2)cn1.Cl.Cl. The highest BCUT2D eigenvalue weighted by Gasteiger charge is 2.29. The predicted molar refractivity (Wildman–Crippen MR) is 179 cm³/mol. The van der Waals surface area contributed by atoms with Gasteiger partial charge in [0.25, 0.3) is 0 Å². The summed E-state index contributed by atoms with van der Waals surface area (Å²) < 4.78 is 31.0. The van der Waals surface area contributed by atoms with E-state index in [9.17, 15) is 13.2 Å². The number of para-hydroxylation sites is 1. The lowest BCUT2D eigenvalue weighted by Gasteiger charge is -2.38. The number of carbonyl (C=O) groups is 1. The smallest absolute Gasteiger partial charge is 0.326 e. The number of nitrogens with zero attached hydrogens (tertiary/aromatic N) is 4. The van der Waals surface area contributed by atoms with E-state index < -0.39 is 10.0 Å². The first-order valence-electron chi connectivity index (χ1n) is 13.7. The van der Waals surface area contributed by atoms with Crippen LogP contribution in [-0.2, 0) is 16.6 Å². The van der Waals surface area contributed by atoms with Crippen LogP contribution in [0.3, 0.4) is 0 Å². The van der Waals surface area contributed by atoms with Gasteiger partial charge in [-0.15, -0.1) is 24.8 Å². The van der Waals surface area contributed by atoms with E-state index in [0.29, 0.717) is 23.0 Å². The van der Waals surface area contributed by atoms with Gasteiger partial charge >= 0.3 is 6.03 Å². The summed E-state index contributed by atoms with van der Waals surface area (Å²) in [5, 5.41) is 3.01. The Morgan fingerprint density at radius 2 is 1.59 bits per heavy atom. The topological polar surface area (TPSA) is 117 Å². The summed E-state index contributed by atoms with van der Waals surface area (Å²) in [6.45, 7) is 4.36. The first-order valence-corrected chi connectivity index (χ1v) is 15.6. The number of amides is 2. The molecule has 10 nitrogen and oxygen atoms in total. The average molecular weight is 660 g/mol. The van der Waals surface area contributed by atoms with E-state index in [-0.39, 0.29) is 36.9 Å². The number of ether oxygens (including phenoxy) is 1. The van der Waals surface area contributed by atoms with Crippen LogP contribution in [0.15, 0.2) is 91.3 Å². The van der Waals surface area contributed by atoms with Crippen LogP contribution in [-0.4, -0.2) is 54.7 Å². The van der Waals surface area contributed by atoms with Crippen LogP contribution in [0.1, 0.15) is 24.1 Å². The van der Waals surface area contributed by atoms with E-state index in [0.717, 1.165) is 55.7 Å². The molecule has 234 valence electrons. The Hall–Kier alpha value is -3.90. The number of aryl methyl sites for hydroxylation is 1. The molecule has 4 aromatic rings. The molecule has 0 radical (unpaired) electrons. The Morgan fingerprint density at radius 1 is 0.909 bits per heavy atom.